The van der Waals surface area contributed by atoms with Gasteiger partial charge in [-0.05, 0) is 12.1 Å². The SMILES string of the molecule is [2H]C1=CN([2H])C([2H])=C([2H])C([2H])=C1[2H]. The molecule has 0 aromatic rings. The summed E-state index contributed by atoms with van der Waals surface area (Å²) in [6.45, 7) is 0. The van der Waals surface area contributed by atoms with Crippen molar-refractivity contribution in [2.75, 3.05) is 0 Å². The van der Waals surface area contributed by atoms with Gasteiger partial charge in [0.15, 0.2) is 1.41 Å². The van der Waals surface area contributed by atoms with E-state index >= 15 is 0 Å². The standard InChI is InChI=1S/C6H7N/c1-2-4-6-7-5-3-1/h1-7H/i1D,2D,3D,4D,5D/hD. The fourth-order valence-corrected chi connectivity index (χ4v) is 0.224. The maximum atomic E-state index is 7.23. The van der Waals surface area contributed by atoms with Crippen LogP contribution in [-0.2, 0) is 0 Å². The van der Waals surface area contributed by atoms with E-state index in [1.807, 2.05) is 0 Å². The van der Waals surface area contributed by atoms with Gasteiger partial charge in [-0.15, -0.1) is 0 Å². The molecule has 0 aliphatic carbocycles. The quantitative estimate of drug-likeness (QED) is 0.480. The number of hydrogen-bond acceptors (Lipinski definition) is 1. The molecule has 1 rings (SSSR count). The van der Waals surface area contributed by atoms with Crippen LogP contribution in [0.1, 0.15) is 6.85 Å². The molecule has 1 aliphatic rings. The lowest BCUT2D eigenvalue weighted by molar-refractivity contribution is 1.20. The van der Waals surface area contributed by atoms with Crippen LogP contribution >= 0.6 is 0 Å². The fraction of sp³-hybridized carbons (Fsp3) is 0. The van der Waals surface area contributed by atoms with Crippen molar-refractivity contribution >= 4 is 0 Å². The van der Waals surface area contributed by atoms with Gasteiger partial charge in [-0.25, -0.2) is 0 Å². The van der Waals surface area contributed by atoms with Gasteiger partial charge >= 0.3 is 0 Å². The van der Waals surface area contributed by atoms with E-state index in [0.717, 1.165) is 6.20 Å². The highest BCUT2D eigenvalue weighted by Gasteiger charge is 1.67. The van der Waals surface area contributed by atoms with E-state index in [1.165, 1.54) is 0 Å². The molecule has 0 amide bonds. The molecule has 1 heterocycles. The van der Waals surface area contributed by atoms with E-state index in [1.54, 1.807) is 0 Å². The van der Waals surface area contributed by atoms with Crippen LogP contribution in [0.4, 0.5) is 0 Å². The van der Waals surface area contributed by atoms with Gasteiger partial charge in [0.1, 0.15) is 0 Å². The molecule has 0 aromatic heterocycles. The Bertz CT molecular complexity index is 328. The lowest BCUT2D eigenvalue weighted by atomic mass is 10.5. The van der Waals surface area contributed by atoms with Gasteiger partial charge in [-0.1, -0.05) is 12.1 Å². The highest BCUT2D eigenvalue weighted by molar-refractivity contribution is 5.14. The van der Waals surface area contributed by atoms with E-state index in [9.17, 15) is 0 Å². The van der Waals surface area contributed by atoms with Gasteiger partial charge in [-0.3, -0.25) is 0 Å². The Kier molecular flexibility index (Phi) is 0.336. The first-order valence-electron chi connectivity index (χ1n) is 4.72. The van der Waals surface area contributed by atoms with Gasteiger partial charge in [0, 0.05) is 12.4 Å². The molecule has 0 radical (unpaired) electrons. The maximum Gasteiger partial charge on any atom is 0.165 e. The summed E-state index contributed by atoms with van der Waals surface area (Å²) < 4.78 is 43.2. The summed E-state index contributed by atoms with van der Waals surface area (Å²) in [6, 6.07) is -1.80. The van der Waals surface area contributed by atoms with E-state index in [-0.39, 0.29) is 6.05 Å². The second-order valence-corrected chi connectivity index (χ2v) is 0.889. The molecule has 1 nitrogen and oxygen atoms in total. The third-order valence-corrected chi connectivity index (χ3v) is 0.447. The van der Waals surface area contributed by atoms with Crippen molar-refractivity contribution in [2.24, 2.45) is 0 Å². The minimum Gasteiger partial charge on any atom is -0.368 e. The van der Waals surface area contributed by atoms with E-state index in [4.69, 9.17) is 8.27 Å². The van der Waals surface area contributed by atoms with Crippen molar-refractivity contribution in [3.8, 4) is 0 Å². The summed E-state index contributed by atoms with van der Waals surface area (Å²) >= 11 is 0. The molecular formula is C6H7N. The van der Waals surface area contributed by atoms with Crippen molar-refractivity contribution in [3.63, 3.8) is 0 Å². The van der Waals surface area contributed by atoms with Gasteiger partial charge in [-0.2, -0.15) is 0 Å². The number of rotatable bonds is 0. The van der Waals surface area contributed by atoms with Gasteiger partial charge < -0.3 is 5.31 Å². The minimum absolute atomic E-state index is 0.341. The lowest BCUT2D eigenvalue weighted by Crippen LogP contribution is -1.87. The van der Waals surface area contributed by atoms with Crippen LogP contribution < -0.4 is 5.31 Å². The Morgan fingerprint density at radius 3 is 3.14 bits per heavy atom. The van der Waals surface area contributed by atoms with E-state index in [2.05, 4.69) is 0 Å². The van der Waals surface area contributed by atoms with Crippen molar-refractivity contribution < 1.29 is 8.27 Å². The summed E-state index contributed by atoms with van der Waals surface area (Å²) in [5.41, 5.74) is 0. The molecule has 0 saturated carbocycles. The molecular weight excluding hydrogens is 86.1 g/mol. The summed E-state index contributed by atoms with van der Waals surface area (Å²) in [5, 5.41) is 0.501. The first-order valence-corrected chi connectivity index (χ1v) is 1.77. The average molecular weight is 99.2 g/mol. The molecule has 0 bridgehead atoms. The molecule has 36 valence electrons. The highest BCUT2D eigenvalue weighted by atomic mass is 14.8. The van der Waals surface area contributed by atoms with Crippen LogP contribution in [0.3, 0.4) is 0 Å². The molecule has 1 aliphatic heterocycles. The number of hydrogen-bond donors (Lipinski definition) is 1. The molecule has 0 aromatic carbocycles. The average Bonchev–Trinajstić information content (AvgIpc) is 2.15. The van der Waals surface area contributed by atoms with Crippen molar-refractivity contribution in [2.45, 2.75) is 0 Å². The minimum atomic E-state index is -0.515. The molecule has 0 saturated heterocycles. The molecule has 0 unspecified atom stereocenters. The van der Waals surface area contributed by atoms with E-state index in [0.29, 0.717) is 5.31 Å². The zero-order valence-corrected chi connectivity index (χ0v) is 3.52. The lowest BCUT2D eigenvalue weighted by Gasteiger charge is -1.79. The van der Waals surface area contributed by atoms with Crippen LogP contribution in [-0.4, -0.2) is 0 Å². The number of allylic oxidation sites excluding steroid dienone is 4. The first-order chi connectivity index (χ1) is 5.95. The third-order valence-electron chi connectivity index (χ3n) is 0.447. The van der Waals surface area contributed by atoms with Crippen LogP contribution in [0.2, 0.25) is 1.41 Å². The predicted molar refractivity (Wildman–Crippen MR) is 30.6 cm³/mol. The second kappa shape index (κ2) is 2.24. The van der Waals surface area contributed by atoms with Crippen molar-refractivity contribution in [1.29, 1.82) is 0 Å². The van der Waals surface area contributed by atoms with E-state index < -0.39 is 24.3 Å². The van der Waals surface area contributed by atoms with Gasteiger partial charge in [0.25, 0.3) is 0 Å². The fourth-order valence-electron chi connectivity index (χ4n) is 0.224. The van der Waals surface area contributed by atoms with Crippen LogP contribution in [0.5, 0.6) is 0 Å². The normalized spacial score (nSPS) is 36.6. The zero-order chi connectivity index (χ0) is 10.2. The van der Waals surface area contributed by atoms with Crippen molar-refractivity contribution in [3.05, 3.63) is 36.6 Å². The van der Waals surface area contributed by atoms with Crippen LogP contribution in [0.25, 0.3) is 0 Å². The topological polar surface area (TPSA) is 12.0 Å². The second-order valence-electron chi connectivity index (χ2n) is 0.889. The largest absolute Gasteiger partial charge is 0.368 e. The zero-order valence-electron chi connectivity index (χ0n) is 9.52. The molecule has 1 N–H and O–H groups in total. The Balaban J connectivity index is 3.32. The predicted octanol–water partition coefficient (Wildman–Crippen LogP) is 1.17. The Labute approximate surface area is 51.5 Å². The monoisotopic (exact) mass is 99.1 g/mol. The summed E-state index contributed by atoms with van der Waals surface area (Å²) in [4.78, 5) is 0. The van der Waals surface area contributed by atoms with Crippen LogP contribution in [0.15, 0.2) is 36.6 Å². The Hall–Kier alpha value is -0.980. The highest BCUT2D eigenvalue weighted by Crippen LogP contribution is 1.81. The van der Waals surface area contributed by atoms with Gasteiger partial charge in [0.2, 0.25) is 0 Å². The molecule has 1 heteroatoms. The summed E-state index contributed by atoms with van der Waals surface area (Å²) in [6.07, 6.45) is 0.415. The summed E-state index contributed by atoms with van der Waals surface area (Å²) in [7, 11) is 0. The maximum absolute atomic E-state index is 7.23. The Morgan fingerprint density at radius 2 is 2.14 bits per heavy atom. The van der Waals surface area contributed by atoms with Crippen LogP contribution in [0, 0.1) is 0 Å². The first kappa shape index (κ1) is 1.05. The molecule has 7 heavy (non-hydrogen) atoms. The smallest absolute Gasteiger partial charge is 0.165 e. The van der Waals surface area contributed by atoms with Crippen molar-refractivity contribution in [1.82, 2.24) is 5.31 Å². The molecule has 0 atom stereocenters. The molecule has 0 fully saturated rings. The number of nitrogens with one attached hydrogen (secondary N) is 1. The molecule has 0 spiro atoms. The third kappa shape index (κ3) is 1.26. The Morgan fingerprint density at radius 1 is 1.29 bits per heavy atom. The van der Waals surface area contributed by atoms with Gasteiger partial charge in [0.05, 0.1) is 6.85 Å². The summed E-state index contributed by atoms with van der Waals surface area (Å²) in [5.74, 6) is 0.